The van der Waals surface area contributed by atoms with Gasteiger partial charge in [0.25, 0.3) is 0 Å². The molecule has 0 amide bonds. The molecule has 0 aromatic heterocycles. The Morgan fingerprint density at radius 1 is 1.38 bits per heavy atom. The topological polar surface area (TPSA) is 41.9 Å². The minimum absolute atomic E-state index is 0.134. The second-order valence-electron chi connectivity index (χ2n) is 6.40. The van der Waals surface area contributed by atoms with Crippen molar-refractivity contribution in [2.75, 3.05) is 20.2 Å². The highest BCUT2D eigenvalue weighted by molar-refractivity contribution is 6.11. The molecule has 0 saturated carbocycles. The van der Waals surface area contributed by atoms with Gasteiger partial charge in [-0.3, -0.25) is 4.79 Å². The van der Waals surface area contributed by atoms with Crippen molar-refractivity contribution >= 4 is 11.5 Å². The minimum Gasteiger partial charge on any atom is -0.496 e. The number of ketones is 1. The molecule has 126 valence electrons. The molecule has 0 spiro atoms. The summed E-state index contributed by atoms with van der Waals surface area (Å²) >= 11 is 0. The first-order valence-electron chi connectivity index (χ1n) is 8.45. The van der Waals surface area contributed by atoms with E-state index in [1.807, 2.05) is 25.1 Å². The third-order valence-corrected chi connectivity index (χ3v) is 4.73. The van der Waals surface area contributed by atoms with Crippen LogP contribution in [0.2, 0.25) is 0 Å². The summed E-state index contributed by atoms with van der Waals surface area (Å²) in [6, 6.07) is 6.11. The van der Waals surface area contributed by atoms with Crippen molar-refractivity contribution < 1.29 is 9.53 Å². The van der Waals surface area contributed by atoms with E-state index >= 15 is 0 Å². The monoisotopic (exact) mass is 324 g/mol. The summed E-state index contributed by atoms with van der Waals surface area (Å²) in [5.41, 5.74) is 3.01. The second-order valence-corrected chi connectivity index (χ2v) is 6.40. The smallest absolute Gasteiger partial charge is 0.134 e. The number of benzene rings is 1. The Labute approximate surface area is 143 Å². The average Bonchev–Trinajstić information content (AvgIpc) is 2.94. The van der Waals surface area contributed by atoms with Gasteiger partial charge in [-0.1, -0.05) is 18.2 Å². The van der Waals surface area contributed by atoms with Crippen molar-refractivity contribution in [3.8, 4) is 5.75 Å². The fourth-order valence-corrected chi connectivity index (χ4v) is 3.33. The van der Waals surface area contributed by atoms with Crippen LogP contribution in [-0.2, 0) is 4.79 Å². The Morgan fingerprint density at radius 2 is 2.21 bits per heavy atom. The Hall–Kier alpha value is -2.36. The van der Waals surface area contributed by atoms with Crippen molar-refractivity contribution in [3.05, 3.63) is 53.4 Å². The summed E-state index contributed by atoms with van der Waals surface area (Å²) in [4.78, 5) is 18.8. The van der Waals surface area contributed by atoms with E-state index in [1.54, 1.807) is 14.0 Å². The van der Waals surface area contributed by atoms with Crippen molar-refractivity contribution in [3.63, 3.8) is 0 Å². The zero-order valence-electron chi connectivity index (χ0n) is 14.6. The van der Waals surface area contributed by atoms with Gasteiger partial charge in [0.2, 0.25) is 0 Å². The normalized spacial score (nSPS) is 20.5. The molecule has 0 radical (unpaired) electrons. The van der Waals surface area contributed by atoms with Gasteiger partial charge in [0.15, 0.2) is 0 Å². The molecular formula is C20H24N2O2. The number of ether oxygens (including phenoxy) is 1. The summed E-state index contributed by atoms with van der Waals surface area (Å²) in [5.74, 6) is 2.23. The fraction of sp³-hybridized carbons (Fsp3) is 0.400. The van der Waals surface area contributed by atoms with E-state index in [1.165, 1.54) is 0 Å². The summed E-state index contributed by atoms with van der Waals surface area (Å²) < 4.78 is 5.59. The van der Waals surface area contributed by atoms with Crippen LogP contribution in [0.25, 0.3) is 0 Å². The van der Waals surface area contributed by atoms with E-state index in [-0.39, 0.29) is 11.7 Å². The van der Waals surface area contributed by atoms with Crippen molar-refractivity contribution in [2.24, 2.45) is 10.9 Å². The van der Waals surface area contributed by atoms with Crippen LogP contribution in [0.5, 0.6) is 5.75 Å². The van der Waals surface area contributed by atoms with Crippen molar-refractivity contribution in [1.29, 1.82) is 0 Å². The van der Waals surface area contributed by atoms with Crippen LogP contribution >= 0.6 is 0 Å². The molecule has 2 aliphatic rings. The van der Waals surface area contributed by atoms with Gasteiger partial charge in [-0.15, -0.1) is 0 Å². The number of methoxy groups -OCH3 is 1. The number of carbonyl (C=O) groups excluding carboxylic acids is 1. The molecule has 4 heteroatoms. The highest BCUT2D eigenvalue weighted by Gasteiger charge is 2.27. The Bertz CT molecular complexity index is 731. The van der Waals surface area contributed by atoms with Crippen LogP contribution < -0.4 is 4.74 Å². The van der Waals surface area contributed by atoms with Crippen molar-refractivity contribution in [2.45, 2.75) is 26.7 Å². The number of para-hydroxylation sites is 1. The Morgan fingerprint density at radius 3 is 2.92 bits per heavy atom. The molecule has 1 aromatic rings. The predicted octanol–water partition coefficient (Wildman–Crippen LogP) is 3.50. The third kappa shape index (κ3) is 3.28. The zero-order valence-corrected chi connectivity index (χ0v) is 14.6. The van der Waals surface area contributed by atoms with Gasteiger partial charge >= 0.3 is 0 Å². The number of nitrogens with zero attached hydrogens (tertiary/aromatic N) is 2. The van der Waals surface area contributed by atoms with Gasteiger partial charge in [-0.25, -0.2) is 4.99 Å². The van der Waals surface area contributed by atoms with Crippen LogP contribution in [0.15, 0.2) is 47.2 Å². The number of Topliss-reactive ketones (excluding diaryl/α,β-unsaturated/α-hetero) is 1. The second kappa shape index (κ2) is 7.04. The lowest BCUT2D eigenvalue weighted by Crippen LogP contribution is -2.21. The average molecular weight is 324 g/mol. The van der Waals surface area contributed by atoms with E-state index in [0.29, 0.717) is 0 Å². The van der Waals surface area contributed by atoms with E-state index in [4.69, 9.17) is 9.73 Å². The van der Waals surface area contributed by atoms with Crippen LogP contribution in [0.1, 0.15) is 30.9 Å². The van der Waals surface area contributed by atoms with E-state index in [9.17, 15) is 4.79 Å². The van der Waals surface area contributed by atoms with Gasteiger partial charge in [0, 0.05) is 24.6 Å². The molecule has 1 fully saturated rings. The van der Waals surface area contributed by atoms with Gasteiger partial charge in [0.05, 0.1) is 12.8 Å². The molecule has 2 aliphatic heterocycles. The fourth-order valence-electron chi connectivity index (χ4n) is 3.33. The Balaban J connectivity index is 1.92. The van der Waals surface area contributed by atoms with Crippen LogP contribution in [0.4, 0.5) is 0 Å². The first kappa shape index (κ1) is 16.5. The quantitative estimate of drug-likeness (QED) is 0.851. The van der Waals surface area contributed by atoms with Gasteiger partial charge in [0.1, 0.15) is 17.4 Å². The largest absolute Gasteiger partial charge is 0.496 e. The number of carbonyl (C=O) groups is 1. The SMILES string of the molecule is COc1c(C)cccc1C1=NC(N2CC[C@@H](C(C)=O)C2)=CCC=C1. The molecule has 1 aromatic carbocycles. The molecule has 24 heavy (non-hydrogen) atoms. The number of hydrogen-bond donors (Lipinski definition) is 0. The van der Waals surface area contributed by atoms with Gasteiger partial charge in [-0.05, 0) is 50.5 Å². The molecule has 0 aliphatic carbocycles. The van der Waals surface area contributed by atoms with Gasteiger partial charge in [-0.2, -0.15) is 0 Å². The van der Waals surface area contributed by atoms with Crippen molar-refractivity contribution in [1.82, 2.24) is 4.90 Å². The molecule has 1 atom stereocenters. The Kier molecular flexibility index (Phi) is 4.84. The molecule has 0 unspecified atom stereocenters. The molecule has 0 bridgehead atoms. The number of aliphatic imine (C=N–C) groups is 1. The third-order valence-electron chi connectivity index (χ3n) is 4.73. The maximum atomic E-state index is 11.6. The first-order chi connectivity index (χ1) is 11.6. The maximum absolute atomic E-state index is 11.6. The minimum atomic E-state index is 0.134. The number of allylic oxidation sites excluding steroid dienone is 3. The maximum Gasteiger partial charge on any atom is 0.134 e. The summed E-state index contributed by atoms with van der Waals surface area (Å²) in [5, 5.41) is 0. The lowest BCUT2D eigenvalue weighted by Gasteiger charge is -2.19. The molecule has 1 saturated heterocycles. The molecule has 3 rings (SSSR count). The molecule has 0 N–H and O–H groups in total. The summed E-state index contributed by atoms with van der Waals surface area (Å²) in [6.45, 7) is 5.38. The summed E-state index contributed by atoms with van der Waals surface area (Å²) in [7, 11) is 1.70. The van der Waals surface area contributed by atoms with E-state index in [2.05, 4.69) is 23.1 Å². The first-order valence-corrected chi connectivity index (χ1v) is 8.45. The van der Waals surface area contributed by atoms with Crippen LogP contribution in [-0.4, -0.2) is 36.6 Å². The number of likely N-dealkylation sites (tertiary alicyclic amines) is 1. The predicted molar refractivity (Wildman–Crippen MR) is 96.5 cm³/mol. The van der Waals surface area contributed by atoms with Gasteiger partial charge < -0.3 is 9.64 Å². The highest BCUT2D eigenvalue weighted by atomic mass is 16.5. The lowest BCUT2D eigenvalue weighted by molar-refractivity contribution is -0.120. The van der Waals surface area contributed by atoms with Crippen LogP contribution in [0.3, 0.4) is 0 Å². The van der Waals surface area contributed by atoms with E-state index in [0.717, 1.165) is 54.3 Å². The van der Waals surface area contributed by atoms with Crippen LogP contribution in [0, 0.1) is 12.8 Å². The highest BCUT2D eigenvalue weighted by Crippen LogP contribution is 2.28. The molecule has 4 nitrogen and oxygen atoms in total. The number of aryl methyl sites for hydroxylation is 1. The zero-order chi connectivity index (χ0) is 17.1. The molecular weight excluding hydrogens is 300 g/mol. The van der Waals surface area contributed by atoms with E-state index < -0.39 is 0 Å². The number of rotatable bonds is 4. The standard InChI is InChI=1S/C20H24N2O2/c1-14-7-6-8-17(20(14)24-3)18-9-4-5-10-19(21-18)22-12-11-16(13-22)15(2)23/h4,6-10,16H,5,11-13H2,1-3H3/t16-/m1/s1. The molecule has 2 heterocycles. The number of hydrogen-bond acceptors (Lipinski definition) is 4. The summed E-state index contributed by atoms with van der Waals surface area (Å²) in [6.07, 6.45) is 8.07. The lowest BCUT2D eigenvalue weighted by atomic mass is 10.0.